The number of halogens is 4. The van der Waals surface area contributed by atoms with Crippen LogP contribution in [0.2, 0.25) is 0 Å². The highest BCUT2D eigenvalue weighted by Crippen LogP contribution is 2.26. The average molecular weight is 354 g/mol. The molecule has 0 bridgehead atoms. The van der Waals surface area contributed by atoms with E-state index in [4.69, 9.17) is 5.11 Å². The van der Waals surface area contributed by atoms with Crippen molar-refractivity contribution in [2.24, 2.45) is 0 Å². The Bertz CT molecular complexity index is 741. The van der Waals surface area contributed by atoms with Gasteiger partial charge in [-0.1, -0.05) is 25.5 Å². The molecule has 0 spiro atoms. The van der Waals surface area contributed by atoms with Gasteiger partial charge in [0.25, 0.3) is 0 Å². The molecular weight excluding hydrogens is 336 g/mol. The van der Waals surface area contributed by atoms with Crippen LogP contribution in [0.1, 0.15) is 46.8 Å². The van der Waals surface area contributed by atoms with Crippen molar-refractivity contribution in [1.29, 1.82) is 0 Å². The van der Waals surface area contributed by atoms with Gasteiger partial charge in [0.2, 0.25) is 0 Å². The maximum absolute atomic E-state index is 14.1. The fourth-order valence-electron chi connectivity index (χ4n) is 2.60. The lowest BCUT2D eigenvalue weighted by atomic mass is 9.98. The number of carboxylic acid groups (broad SMARTS) is 1. The molecule has 0 aliphatic rings. The maximum Gasteiger partial charge on any atom is 0.335 e. The summed E-state index contributed by atoms with van der Waals surface area (Å²) in [6.07, 6.45) is 0.921. The lowest BCUT2D eigenvalue weighted by Crippen LogP contribution is -2.10. The molecule has 0 unspecified atom stereocenters. The highest BCUT2D eigenvalue weighted by atomic mass is 19.2. The normalized spacial score (nSPS) is 10.9. The fourth-order valence-corrected chi connectivity index (χ4v) is 2.60. The summed E-state index contributed by atoms with van der Waals surface area (Å²) in [6, 6.07) is 5.72. The van der Waals surface area contributed by atoms with Gasteiger partial charge in [-0.2, -0.15) is 0 Å². The van der Waals surface area contributed by atoms with Gasteiger partial charge in [0.15, 0.2) is 23.3 Å². The summed E-state index contributed by atoms with van der Waals surface area (Å²) in [6.45, 7) is 1.81. The van der Waals surface area contributed by atoms with Crippen molar-refractivity contribution in [2.75, 3.05) is 0 Å². The number of rotatable bonds is 7. The second kappa shape index (κ2) is 8.14. The van der Waals surface area contributed by atoms with Gasteiger partial charge in [-0.3, -0.25) is 0 Å². The molecule has 0 aliphatic carbocycles. The monoisotopic (exact) mass is 354 g/mol. The Balaban J connectivity index is 2.23. The molecule has 6 heteroatoms. The first-order chi connectivity index (χ1) is 11.9. The van der Waals surface area contributed by atoms with E-state index < -0.39 is 40.4 Å². The number of aryl methyl sites for hydroxylation is 1. The first-order valence-corrected chi connectivity index (χ1v) is 8.02. The Hall–Kier alpha value is -2.37. The molecular formula is C19H18F4O2. The van der Waals surface area contributed by atoms with Gasteiger partial charge in [0, 0.05) is 11.1 Å². The van der Waals surface area contributed by atoms with Crippen molar-refractivity contribution in [3.63, 3.8) is 0 Å². The Morgan fingerprint density at radius 2 is 1.32 bits per heavy atom. The van der Waals surface area contributed by atoms with E-state index in [0.29, 0.717) is 18.4 Å². The summed E-state index contributed by atoms with van der Waals surface area (Å²) < 4.78 is 56.4. The molecule has 0 atom stereocenters. The third kappa shape index (κ3) is 4.18. The smallest absolute Gasteiger partial charge is 0.335 e. The Morgan fingerprint density at radius 1 is 0.840 bits per heavy atom. The molecule has 0 radical (unpaired) electrons. The van der Waals surface area contributed by atoms with Crippen LogP contribution >= 0.6 is 0 Å². The Kier molecular flexibility index (Phi) is 6.17. The molecule has 0 saturated heterocycles. The van der Waals surface area contributed by atoms with Crippen molar-refractivity contribution in [1.82, 2.24) is 0 Å². The summed E-state index contributed by atoms with van der Waals surface area (Å²) in [5, 5.41) is 8.82. The zero-order valence-electron chi connectivity index (χ0n) is 13.7. The number of hydrogen-bond donors (Lipinski definition) is 1. The van der Waals surface area contributed by atoms with Crippen LogP contribution in [-0.2, 0) is 19.3 Å². The van der Waals surface area contributed by atoms with E-state index in [2.05, 4.69) is 0 Å². The lowest BCUT2D eigenvalue weighted by molar-refractivity contribution is 0.0697. The average Bonchev–Trinajstić information content (AvgIpc) is 2.60. The Labute approximate surface area is 143 Å². The molecule has 2 aromatic rings. The first-order valence-electron chi connectivity index (χ1n) is 8.02. The predicted octanol–water partition coefficient (Wildman–Crippen LogP) is 5.07. The molecule has 0 saturated carbocycles. The van der Waals surface area contributed by atoms with Crippen LogP contribution in [0.25, 0.3) is 0 Å². The van der Waals surface area contributed by atoms with Crippen LogP contribution in [-0.4, -0.2) is 11.1 Å². The van der Waals surface area contributed by atoms with E-state index in [0.717, 1.165) is 0 Å². The number of benzene rings is 2. The summed E-state index contributed by atoms with van der Waals surface area (Å²) in [4.78, 5) is 10.8. The molecule has 0 aromatic heterocycles. The highest BCUT2D eigenvalue weighted by molar-refractivity contribution is 5.87. The lowest BCUT2D eigenvalue weighted by Gasteiger charge is -2.12. The van der Waals surface area contributed by atoms with Gasteiger partial charge in [-0.25, -0.2) is 22.4 Å². The molecule has 0 heterocycles. The molecule has 134 valence electrons. The van der Waals surface area contributed by atoms with E-state index >= 15 is 0 Å². The summed E-state index contributed by atoms with van der Waals surface area (Å²) in [5.74, 6) is -6.46. The van der Waals surface area contributed by atoms with Crippen molar-refractivity contribution in [3.8, 4) is 0 Å². The van der Waals surface area contributed by atoms with Crippen LogP contribution in [0.15, 0.2) is 24.3 Å². The van der Waals surface area contributed by atoms with E-state index in [1.54, 1.807) is 0 Å². The number of unbranched alkanes of at least 4 members (excludes halogenated alkanes) is 1. The van der Waals surface area contributed by atoms with Crippen LogP contribution < -0.4 is 0 Å². The zero-order valence-corrected chi connectivity index (χ0v) is 13.7. The minimum atomic E-state index is -1.35. The third-order valence-corrected chi connectivity index (χ3v) is 4.09. The SMILES string of the molecule is CCCCc1c(F)c(F)c(CCc2ccc(C(=O)O)cc2)c(F)c1F. The second-order valence-corrected chi connectivity index (χ2v) is 5.82. The molecule has 1 N–H and O–H groups in total. The minimum Gasteiger partial charge on any atom is -0.478 e. The van der Waals surface area contributed by atoms with E-state index in [-0.39, 0.29) is 24.8 Å². The topological polar surface area (TPSA) is 37.3 Å². The molecule has 2 aromatic carbocycles. The zero-order chi connectivity index (χ0) is 18.6. The number of carboxylic acids is 1. The number of aromatic carboxylic acids is 1. The van der Waals surface area contributed by atoms with Gasteiger partial charge in [-0.15, -0.1) is 0 Å². The highest BCUT2D eigenvalue weighted by Gasteiger charge is 2.24. The summed E-state index contributed by atoms with van der Waals surface area (Å²) in [5.41, 5.74) is -0.484. The molecule has 2 nitrogen and oxygen atoms in total. The van der Waals surface area contributed by atoms with Gasteiger partial charge in [-0.05, 0) is 43.4 Å². The van der Waals surface area contributed by atoms with Crippen LogP contribution in [0.3, 0.4) is 0 Å². The first kappa shape index (κ1) is 19.0. The van der Waals surface area contributed by atoms with Gasteiger partial charge in [0.1, 0.15) is 0 Å². The second-order valence-electron chi connectivity index (χ2n) is 5.82. The van der Waals surface area contributed by atoms with Crippen molar-refractivity contribution in [2.45, 2.75) is 39.0 Å². The standard InChI is InChI=1S/C19H18F4O2/c1-2-3-4-13-15(20)17(22)14(18(23)16(13)21)10-7-11-5-8-12(9-6-11)19(24)25/h5-6,8-9H,2-4,7,10H2,1H3,(H,24,25). The molecule has 0 aliphatic heterocycles. The van der Waals surface area contributed by atoms with Crippen molar-refractivity contribution < 1.29 is 27.5 Å². The van der Waals surface area contributed by atoms with E-state index in [9.17, 15) is 22.4 Å². The predicted molar refractivity (Wildman–Crippen MR) is 85.7 cm³/mol. The maximum atomic E-state index is 14.1. The molecule has 0 amide bonds. The number of hydrogen-bond acceptors (Lipinski definition) is 1. The van der Waals surface area contributed by atoms with Crippen molar-refractivity contribution in [3.05, 3.63) is 69.8 Å². The van der Waals surface area contributed by atoms with Crippen LogP contribution in [0, 0.1) is 23.3 Å². The molecule has 0 fully saturated rings. The molecule has 2 rings (SSSR count). The Morgan fingerprint density at radius 3 is 1.76 bits per heavy atom. The largest absolute Gasteiger partial charge is 0.478 e. The quantitative estimate of drug-likeness (QED) is 0.557. The van der Waals surface area contributed by atoms with Crippen molar-refractivity contribution >= 4 is 5.97 Å². The van der Waals surface area contributed by atoms with Gasteiger partial charge in [0.05, 0.1) is 5.56 Å². The minimum absolute atomic E-state index is 0.0566. The molecule has 25 heavy (non-hydrogen) atoms. The van der Waals surface area contributed by atoms with Gasteiger partial charge < -0.3 is 5.11 Å². The van der Waals surface area contributed by atoms with E-state index in [1.807, 2.05) is 6.92 Å². The summed E-state index contributed by atoms with van der Waals surface area (Å²) >= 11 is 0. The van der Waals surface area contributed by atoms with Crippen LogP contribution in [0.5, 0.6) is 0 Å². The third-order valence-electron chi connectivity index (χ3n) is 4.09. The fraction of sp³-hybridized carbons (Fsp3) is 0.316. The summed E-state index contributed by atoms with van der Waals surface area (Å²) in [7, 11) is 0. The van der Waals surface area contributed by atoms with E-state index in [1.165, 1.54) is 24.3 Å². The van der Waals surface area contributed by atoms with Gasteiger partial charge >= 0.3 is 5.97 Å². The van der Waals surface area contributed by atoms with Crippen LogP contribution in [0.4, 0.5) is 17.6 Å². The number of carbonyl (C=O) groups is 1.